The molecule has 1 heterocycles. The van der Waals surface area contributed by atoms with Crippen molar-refractivity contribution in [2.75, 3.05) is 18.8 Å². The first kappa shape index (κ1) is 16.3. The number of halogens is 3. The maximum absolute atomic E-state index is 12.3. The molecule has 0 unspecified atom stereocenters. The van der Waals surface area contributed by atoms with Crippen LogP contribution in [-0.2, 0) is 10.5 Å². The third kappa shape index (κ3) is 6.43. The first-order valence-corrected chi connectivity index (χ1v) is 6.77. The molecule has 0 bridgehead atoms. The summed E-state index contributed by atoms with van der Waals surface area (Å²) in [5.74, 6) is -0.391. The summed E-state index contributed by atoms with van der Waals surface area (Å²) >= 11 is 1.16. The maximum atomic E-state index is 12.3. The number of alkyl halides is 3. The van der Waals surface area contributed by atoms with Crippen LogP contribution < -0.4 is 0 Å². The Bertz CT molecular complexity index is 473. The van der Waals surface area contributed by atoms with Gasteiger partial charge in [0.15, 0.2) is 0 Å². The van der Waals surface area contributed by atoms with Gasteiger partial charge in [-0.3, -0.25) is 9.78 Å². The molecule has 0 fully saturated rings. The SMILES string of the molecule is N#CCN(CC(F)(F)F)C(=O)CSCc1ccccn1. The van der Waals surface area contributed by atoms with E-state index in [1.54, 1.807) is 30.5 Å². The molecule has 4 nitrogen and oxygen atoms in total. The van der Waals surface area contributed by atoms with Gasteiger partial charge in [0, 0.05) is 11.9 Å². The van der Waals surface area contributed by atoms with E-state index in [-0.39, 0.29) is 5.75 Å². The smallest absolute Gasteiger partial charge is 0.320 e. The molecule has 108 valence electrons. The van der Waals surface area contributed by atoms with Crippen molar-refractivity contribution in [2.45, 2.75) is 11.9 Å². The zero-order chi connectivity index (χ0) is 15.0. The van der Waals surface area contributed by atoms with Crippen LogP contribution in [0.25, 0.3) is 0 Å². The summed E-state index contributed by atoms with van der Waals surface area (Å²) < 4.78 is 36.8. The Hall–Kier alpha value is -1.75. The molecule has 0 saturated carbocycles. The Kier molecular flexibility index (Phi) is 6.31. The molecule has 0 atom stereocenters. The summed E-state index contributed by atoms with van der Waals surface area (Å²) in [6.45, 7) is -1.97. The van der Waals surface area contributed by atoms with Crippen LogP contribution in [0.4, 0.5) is 13.2 Å². The first-order chi connectivity index (χ1) is 9.42. The number of nitrogens with zero attached hydrogens (tertiary/aromatic N) is 3. The van der Waals surface area contributed by atoms with Gasteiger partial charge in [0.25, 0.3) is 0 Å². The number of carbonyl (C=O) groups is 1. The second-order valence-electron chi connectivity index (χ2n) is 3.84. The lowest BCUT2D eigenvalue weighted by molar-refractivity contribution is -0.158. The number of hydrogen-bond acceptors (Lipinski definition) is 4. The number of carbonyl (C=O) groups excluding carboxylic acids is 1. The van der Waals surface area contributed by atoms with Crippen LogP contribution in [0, 0.1) is 11.3 Å². The van der Waals surface area contributed by atoms with Gasteiger partial charge in [0.2, 0.25) is 5.91 Å². The minimum absolute atomic E-state index is 0.117. The molecule has 0 N–H and O–H groups in total. The summed E-state index contributed by atoms with van der Waals surface area (Å²) in [7, 11) is 0. The Morgan fingerprint density at radius 3 is 2.75 bits per heavy atom. The summed E-state index contributed by atoms with van der Waals surface area (Å²) in [6.07, 6.45) is -2.90. The lowest BCUT2D eigenvalue weighted by atomic mass is 10.4. The summed E-state index contributed by atoms with van der Waals surface area (Å²) in [5, 5.41) is 8.46. The van der Waals surface area contributed by atoms with Crippen molar-refractivity contribution >= 4 is 17.7 Å². The number of hydrogen-bond donors (Lipinski definition) is 0. The molecular weight excluding hydrogens is 291 g/mol. The minimum atomic E-state index is -4.50. The van der Waals surface area contributed by atoms with E-state index < -0.39 is 25.2 Å². The van der Waals surface area contributed by atoms with E-state index in [0.717, 1.165) is 17.5 Å². The zero-order valence-corrected chi connectivity index (χ0v) is 11.2. The number of nitriles is 1. The van der Waals surface area contributed by atoms with Gasteiger partial charge in [-0.05, 0) is 12.1 Å². The molecule has 1 aromatic rings. The van der Waals surface area contributed by atoms with Gasteiger partial charge < -0.3 is 4.90 Å². The monoisotopic (exact) mass is 303 g/mol. The predicted octanol–water partition coefficient (Wildman–Crippen LogP) is 2.23. The van der Waals surface area contributed by atoms with E-state index in [4.69, 9.17) is 5.26 Å². The predicted molar refractivity (Wildman–Crippen MR) is 68.6 cm³/mol. The average molecular weight is 303 g/mol. The highest BCUT2D eigenvalue weighted by atomic mass is 32.2. The molecule has 1 aromatic heterocycles. The highest BCUT2D eigenvalue weighted by Gasteiger charge is 2.32. The molecule has 1 amide bonds. The molecule has 0 aliphatic carbocycles. The highest BCUT2D eigenvalue weighted by Crippen LogP contribution is 2.17. The van der Waals surface area contributed by atoms with Gasteiger partial charge in [0.05, 0.1) is 17.5 Å². The molecule has 20 heavy (non-hydrogen) atoms. The van der Waals surface area contributed by atoms with E-state index in [1.165, 1.54) is 0 Å². The molecule has 0 saturated heterocycles. The van der Waals surface area contributed by atoms with Crippen LogP contribution in [0.2, 0.25) is 0 Å². The van der Waals surface area contributed by atoms with Gasteiger partial charge >= 0.3 is 6.18 Å². The van der Waals surface area contributed by atoms with Gasteiger partial charge in [0.1, 0.15) is 13.1 Å². The second kappa shape index (κ2) is 7.75. The van der Waals surface area contributed by atoms with Crippen molar-refractivity contribution in [3.8, 4) is 6.07 Å². The molecule has 0 spiro atoms. The number of pyridine rings is 1. The van der Waals surface area contributed by atoms with Crippen molar-refractivity contribution in [3.63, 3.8) is 0 Å². The van der Waals surface area contributed by atoms with Crippen molar-refractivity contribution < 1.29 is 18.0 Å². The molecule has 0 aromatic carbocycles. The largest absolute Gasteiger partial charge is 0.406 e. The summed E-state index contributed by atoms with van der Waals surface area (Å²) in [6, 6.07) is 6.86. The molecule has 0 aliphatic rings. The van der Waals surface area contributed by atoms with Crippen molar-refractivity contribution in [1.82, 2.24) is 9.88 Å². The summed E-state index contributed by atoms with van der Waals surface area (Å²) in [4.78, 5) is 16.2. The van der Waals surface area contributed by atoms with Crippen LogP contribution in [-0.4, -0.2) is 40.8 Å². The van der Waals surface area contributed by atoms with Crippen LogP contribution in [0.15, 0.2) is 24.4 Å². The molecular formula is C12H12F3N3OS. The fourth-order valence-electron chi connectivity index (χ4n) is 1.35. The van der Waals surface area contributed by atoms with Crippen molar-refractivity contribution in [1.29, 1.82) is 5.26 Å². The van der Waals surface area contributed by atoms with E-state index in [1.807, 2.05) is 0 Å². The van der Waals surface area contributed by atoms with Gasteiger partial charge in [-0.15, -0.1) is 11.8 Å². The third-order valence-electron chi connectivity index (χ3n) is 2.19. The first-order valence-electron chi connectivity index (χ1n) is 5.61. The number of rotatable bonds is 6. The van der Waals surface area contributed by atoms with Crippen LogP contribution >= 0.6 is 11.8 Å². The highest BCUT2D eigenvalue weighted by molar-refractivity contribution is 7.99. The number of aromatic nitrogens is 1. The Morgan fingerprint density at radius 2 is 2.20 bits per heavy atom. The van der Waals surface area contributed by atoms with Gasteiger partial charge in [-0.2, -0.15) is 18.4 Å². The fraction of sp³-hybridized carbons (Fsp3) is 0.417. The van der Waals surface area contributed by atoms with Crippen molar-refractivity contribution in [3.05, 3.63) is 30.1 Å². The number of amides is 1. The molecule has 0 aliphatic heterocycles. The summed E-state index contributed by atoms with van der Waals surface area (Å²) in [5.41, 5.74) is 0.743. The quantitative estimate of drug-likeness (QED) is 0.756. The Balaban J connectivity index is 2.44. The fourth-order valence-corrected chi connectivity index (χ4v) is 2.19. The molecule has 8 heteroatoms. The number of thioether (sulfide) groups is 1. The van der Waals surface area contributed by atoms with Crippen LogP contribution in [0.1, 0.15) is 5.69 Å². The van der Waals surface area contributed by atoms with Crippen LogP contribution in [0.3, 0.4) is 0 Å². The van der Waals surface area contributed by atoms with E-state index in [0.29, 0.717) is 10.7 Å². The van der Waals surface area contributed by atoms with Gasteiger partial charge in [-0.1, -0.05) is 6.07 Å². The lowest BCUT2D eigenvalue weighted by Crippen LogP contribution is -2.40. The Morgan fingerprint density at radius 1 is 1.45 bits per heavy atom. The second-order valence-corrected chi connectivity index (χ2v) is 4.82. The normalized spacial score (nSPS) is 10.9. The van der Waals surface area contributed by atoms with E-state index in [2.05, 4.69) is 4.98 Å². The lowest BCUT2D eigenvalue weighted by Gasteiger charge is -2.20. The van der Waals surface area contributed by atoms with E-state index >= 15 is 0 Å². The van der Waals surface area contributed by atoms with Crippen LogP contribution in [0.5, 0.6) is 0 Å². The molecule has 0 radical (unpaired) electrons. The molecule has 1 rings (SSSR count). The van der Waals surface area contributed by atoms with Crippen molar-refractivity contribution in [2.24, 2.45) is 0 Å². The minimum Gasteiger partial charge on any atom is -0.320 e. The maximum Gasteiger partial charge on any atom is 0.406 e. The Labute approximate surface area is 118 Å². The zero-order valence-electron chi connectivity index (χ0n) is 10.4. The van der Waals surface area contributed by atoms with E-state index in [9.17, 15) is 18.0 Å². The average Bonchev–Trinajstić information content (AvgIpc) is 2.38. The van der Waals surface area contributed by atoms with Gasteiger partial charge in [-0.25, -0.2) is 0 Å². The third-order valence-corrected chi connectivity index (χ3v) is 3.14. The standard InChI is InChI=1S/C12H12F3N3OS/c13-12(14,15)9-18(6-4-16)11(19)8-20-7-10-3-1-2-5-17-10/h1-3,5H,6-9H2. The topological polar surface area (TPSA) is 57.0 Å².